The second kappa shape index (κ2) is 5.89. The van der Waals surface area contributed by atoms with Crippen LogP contribution < -0.4 is 10.6 Å². The molecule has 0 fully saturated rings. The van der Waals surface area contributed by atoms with E-state index in [9.17, 15) is 4.57 Å². The number of benzene rings is 1. The van der Waals surface area contributed by atoms with Crippen molar-refractivity contribution >= 4 is 30.7 Å². The summed E-state index contributed by atoms with van der Waals surface area (Å²) in [6.07, 6.45) is 0. The molecule has 4 nitrogen and oxygen atoms in total. The number of hydrogen-bond donors (Lipinski definition) is 2. The van der Waals surface area contributed by atoms with Crippen LogP contribution in [0.3, 0.4) is 0 Å². The van der Waals surface area contributed by atoms with Crippen molar-refractivity contribution in [1.82, 2.24) is 10.2 Å². The molecule has 0 aliphatic heterocycles. The summed E-state index contributed by atoms with van der Waals surface area (Å²) in [5.74, 6) is 0. The molecule has 0 aliphatic rings. The van der Waals surface area contributed by atoms with Crippen LogP contribution in [0.25, 0.3) is 0 Å². The lowest BCUT2D eigenvalue weighted by atomic mass is 10.2. The zero-order valence-electron chi connectivity index (χ0n) is 9.17. The lowest BCUT2D eigenvalue weighted by Crippen LogP contribution is -2.35. The van der Waals surface area contributed by atoms with Crippen molar-refractivity contribution in [3.05, 3.63) is 29.8 Å². The van der Waals surface area contributed by atoms with Crippen LogP contribution in [-0.2, 0) is 11.1 Å². The van der Waals surface area contributed by atoms with Crippen molar-refractivity contribution in [1.29, 1.82) is 0 Å². The van der Waals surface area contributed by atoms with Crippen molar-refractivity contribution < 1.29 is 9.46 Å². The van der Waals surface area contributed by atoms with Gasteiger partial charge in [-0.3, -0.25) is 0 Å². The molecule has 1 aromatic rings. The van der Waals surface area contributed by atoms with Gasteiger partial charge in [-0.15, -0.1) is 0 Å². The molecule has 1 rings (SSSR count). The van der Waals surface area contributed by atoms with E-state index in [2.05, 4.69) is 5.32 Å². The largest absolute Gasteiger partial charge is 0.546 e. The molecule has 0 aromatic heterocycles. The Morgan fingerprint density at radius 1 is 1.56 bits per heavy atom. The molecule has 0 radical (unpaired) electrons. The normalized spacial score (nSPS) is 10.8. The van der Waals surface area contributed by atoms with Crippen molar-refractivity contribution in [2.24, 2.45) is 0 Å². The van der Waals surface area contributed by atoms with Crippen molar-refractivity contribution in [2.75, 3.05) is 14.1 Å². The van der Waals surface area contributed by atoms with Crippen LogP contribution in [0.1, 0.15) is 5.56 Å². The summed E-state index contributed by atoms with van der Waals surface area (Å²) in [6, 6.07) is 7.07. The first kappa shape index (κ1) is 13.0. The predicted molar refractivity (Wildman–Crippen MR) is 69.0 cm³/mol. The number of thiocarbonyl (C=S) groups is 1. The van der Waals surface area contributed by atoms with E-state index in [1.54, 1.807) is 19.2 Å². The highest BCUT2D eigenvalue weighted by molar-refractivity contribution is 7.80. The van der Waals surface area contributed by atoms with Gasteiger partial charge in [0.1, 0.15) is 0 Å². The minimum atomic E-state index is -2.31. The number of hydrogen-bond acceptors (Lipinski definition) is 2. The molecule has 0 amide bonds. The predicted octanol–water partition coefficient (Wildman–Crippen LogP) is 0.983. The van der Waals surface area contributed by atoms with Gasteiger partial charge >= 0.3 is 8.03 Å². The lowest BCUT2D eigenvalue weighted by Gasteiger charge is -2.19. The molecule has 1 atom stereocenters. The van der Waals surface area contributed by atoms with E-state index in [0.717, 1.165) is 5.56 Å². The number of nitrogens with zero attached hydrogens (tertiary/aromatic N) is 1. The first-order valence-electron chi connectivity index (χ1n) is 4.73. The Hall–Kier alpha value is -1.03. The summed E-state index contributed by atoms with van der Waals surface area (Å²) in [5, 5.41) is 3.92. The summed E-state index contributed by atoms with van der Waals surface area (Å²) in [6.45, 7) is 0.511. The van der Waals surface area contributed by atoms with Crippen molar-refractivity contribution in [3.8, 4) is 0 Å². The van der Waals surface area contributed by atoms with Gasteiger partial charge < -0.3 is 10.2 Å². The summed E-state index contributed by atoms with van der Waals surface area (Å²) >= 11 is 5.07. The van der Waals surface area contributed by atoms with Gasteiger partial charge in [0.05, 0.1) is 0 Å². The maximum absolute atomic E-state index is 11.1. The van der Waals surface area contributed by atoms with Crippen LogP contribution in [0.15, 0.2) is 24.3 Å². The van der Waals surface area contributed by atoms with Gasteiger partial charge in [-0.25, -0.2) is 0 Å². The van der Waals surface area contributed by atoms with Crippen molar-refractivity contribution in [2.45, 2.75) is 6.54 Å². The minimum absolute atomic E-state index is 0.461. The molecule has 16 heavy (non-hydrogen) atoms. The molecule has 0 spiro atoms. The number of rotatable bonds is 3. The third kappa shape index (κ3) is 3.23. The fraction of sp³-hybridized carbons (Fsp3) is 0.300. The van der Waals surface area contributed by atoms with Gasteiger partial charge in [0.2, 0.25) is 5.30 Å². The topological polar surface area (TPSA) is 52.6 Å². The maximum atomic E-state index is 11.1. The zero-order valence-corrected chi connectivity index (χ0v) is 10.9. The monoisotopic (exact) mass is 257 g/mol. The van der Waals surface area contributed by atoms with Gasteiger partial charge in [0.25, 0.3) is 0 Å². The quantitative estimate of drug-likeness (QED) is 0.624. The second-order valence-electron chi connectivity index (χ2n) is 3.31. The van der Waals surface area contributed by atoms with Gasteiger partial charge in [-0.1, -0.05) is 18.2 Å². The van der Waals surface area contributed by atoms with Crippen LogP contribution >= 0.6 is 20.2 Å². The fourth-order valence-electron chi connectivity index (χ4n) is 1.35. The van der Waals surface area contributed by atoms with E-state index in [1.807, 2.05) is 24.1 Å². The average Bonchev–Trinajstić information content (AvgIpc) is 2.28. The SMILES string of the molecule is CNC(=S)N(C)Cc1ccccc1[P+](=O)O. The summed E-state index contributed by atoms with van der Waals surface area (Å²) in [7, 11) is 1.27. The van der Waals surface area contributed by atoms with Gasteiger partial charge in [-0.05, 0) is 22.8 Å². The molecule has 86 valence electrons. The van der Waals surface area contributed by atoms with E-state index < -0.39 is 8.03 Å². The Balaban J connectivity index is 2.88. The van der Waals surface area contributed by atoms with Crippen LogP contribution in [-0.4, -0.2) is 29.0 Å². The van der Waals surface area contributed by atoms with E-state index in [-0.39, 0.29) is 0 Å². The standard InChI is InChI=1S/C10H13N2O2PS/c1-11-10(16)12(2)7-8-5-3-4-6-9(8)15(13)14/h3-6H,7H2,1-2H3,(H-,11,13,14,16)/p+1. The highest BCUT2D eigenvalue weighted by Crippen LogP contribution is 2.16. The van der Waals surface area contributed by atoms with Crippen LogP contribution in [0, 0.1) is 0 Å². The molecule has 6 heteroatoms. The summed E-state index contributed by atoms with van der Waals surface area (Å²) in [4.78, 5) is 11.0. The third-order valence-electron chi connectivity index (χ3n) is 2.17. The Labute approximate surface area is 101 Å². The average molecular weight is 257 g/mol. The minimum Gasteiger partial charge on any atom is -0.366 e. The molecule has 1 unspecified atom stereocenters. The van der Waals surface area contributed by atoms with Gasteiger partial charge in [0, 0.05) is 26.2 Å². The van der Waals surface area contributed by atoms with E-state index in [1.165, 1.54) is 0 Å². The van der Waals surface area contributed by atoms with Gasteiger partial charge in [0.15, 0.2) is 5.11 Å². The fourth-order valence-corrected chi connectivity index (χ4v) is 2.02. The van der Waals surface area contributed by atoms with Gasteiger partial charge in [-0.2, -0.15) is 4.89 Å². The summed E-state index contributed by atoms with van der Waals surface area (Å²) in [5.41, 5.74) is 0.811. The Bertz CT molecular complexity index is 412. The molecule has 0 bridgehead atoms. The first-order valence-corrected chi connectivity index (χ1v) is 6.35. The lowest BCUT2D eigenvalue weighted by molar-refractivity contribution is 0.493. The molecule has 0 saturated carbocycles. The number of nitrogens with one attached hydrogen (secondary N) is 1. The molecule has 0 aliphatic carbocycles. The third-order valence-corrected chi connectivity index (χ3v) is 3.53. The van der Waals surface area contributed by atoms with Crippen LogP contribution in [0.5, 0.6) is 0 Å². The molecule has 2 N–H and O–H groups in total. The van der Waals surface area contributed by atoms with Crippen molar-refractivity contribution in [3.63, 3.8) is 0 Å². The molecular weight excluding hydrogens is 243 g/mol. The Morgan fingerprint density at radius 2 is 2.19 bits per heavy atom. The maximum Gasteiger partial charge on any atom is 0.546 e. The first-order chi connectivity index (χ1) is 7.56. The van der Waals surface area contributed by atoms with Crippen LogP contribution in [0.4, 0.5) is 0 Å². The smallest absolute Gasteiger partial charge is 0.366 e. The Morgan fingerprint density at radius 3 is 2.75 bits per heavy atom. The zero-order chi connectivity index (χ0) is 12.1. The highest BCUT2D eigenvalue weighted by Gasteiger charge is 2.21. The van der Waals surface area contributed by atoms with E-state index in [0.29, 0.717) is 17.0 Å². The molecule has 1 aromatic carbocycles. The van der Waals surface area contributed by atoms with Crippen LogP contribution in [0.2, 0.25) is 0 Å². The van der Waals surface area contributed by atoms with E-state index >= 15 is 0 Å². The highest BCUT2D eigenvalue weighted by atomic mass is 32.1. The summed E-state index contributed by atoms with van der Waals surface area (Å²) < 4.78 is 11.1. The molecule has 0 saturated heterocycles. The second-order valence-corrected chi connectivity index (χ2v) is 4.73. The van der Waals surface area contributed by atoms with E-state index in [4.69, 9.17) is 17.1 Å². The molecule has 0 heterocycles. The Kier molecular flexibility index (Phi) is 4.80. The molecular formula is C10H14N2O2PS+.